The van der Waals surface area contributed by atoms with Crippen molar-refractivity contribution in [2.45, 2.75) is 31.2 Å². The van der Waals surface area contributed by atoms with E-state index in [1.54, 1.807) is 0 Å². The maximum absolute atomic E-state index is 12.2. The largest absolute Gasteiger partial charge is 0.451 e. The summed E-state index contributed by atoms with van der Waals surface area (Å²) >= 11 is 7.45. The second kappa shape index (κ2) is 6.80. The number of benzene rings is 1. The number of carbonyl (C=O) groups is 2. The highest BCUT2D eigenvalue weighted by Gasteiger charge is 2.35. The number of nitriles is 1. The van der Waals surface area contributed by atoms with Crippen LogP contribution in [-0.2, 0) is 9.53 Å². The lowest BCUT2D eigenvalue weighted by Crippen LogP contribution is -2.46. The summed E-state index contributed by atoms with van der Waals surface area (Å²) in [7, 11) is 0. The first-order chi connectivity index (χ1) is 11.5. The number of nitrogens with one attached hydrogen (secondary N) is 1. The van der Waals surface area contributed by atoms with Crippen molar-refractivity contribution in [1.82, 2.24) is 5.32 Å². The number of hydrogen-bond acceptors (Lipinski definition) is 5. The molecular formula is C17H15ClN2O3S. The van der Waals surface area contributed by atoms with Crippen LogP contribution in [0.3, 0.4) is 0 Å². The molecule has 0 saturated heterocycles. The van der Waals surface area contributed by atoms with E-state index in [4.69, 9.17) is 16.3 Å². The lowest BCUT2D eigenvalue weighted by Gasteiger charge is -2.21. The molecule has 2 aromatic rings. The van der Waals surface area contributed by atoms with Crippen LogP contribution >= 0.6 is 22.9 Å². The molecule has 0 unspecified atom stereocenters. The van der Waals surface area contributed by atoms with Crippen molar-refractivity contribution in [1.29, 1.82) is 5.26 Å². The number of hydrogen-bond donors (Lipinski definition) is 1. The molecule has 0 spiro atoms. The van der Waals surface area contributed by atoms with Crippen molar-refractivity contribution in [3.8, 4) is 6.07 Å². The fourth-order valence-corrected chi connectivity index (χ4v) is 4.29. The number of ether oxygens (including phenoxy) is 1. The van der Waals surface area contributed by atoms with Crippen LogP contribution in [0.25, 0.3) is 10.1 Å². The van der Waals surface area contributed by atoms with Gasteiger partial charge >= 0.3 is 5.97 Å². The third kappa shape index (κ3) is 3.23. The Morgan fingerprint density at radius 2 is 2.04 bits per heavy atom. The van der Waals surface area contributed by atoms with Gasteiger partial charge in [-0.2, -0.15) is 5.26 Å². The van der Waals surface area contributed by atoms with E-state index < -0.39 is 24.0 Å². The second-order valence-electron chi connectivity index (χ2n) is 5.77. The first-order valence-electron chi connectivity index (χ1n) is 7.61. The number of amides is 1. The number of esters is 1. The fraction of sp³-hybridized carbons (Fsp3) is 0.353. The van der Waals surface area contributed by atoms with Crippen LogP contribution in [0.1, 0.15) is 35.4 Å². The van der Waals surface area contributed by atoms with Crippen molar-refractivity contribution in [2.75, 3.05) is 6.61 Å². The predicted octanol–water partition coefficient (Wildman–Crippen LogP) is 3.66. The van der Waals surface area contributed by atoms with Gasteiger partial charge in [0.05, 0.1) is 11.1 Å². The molecule has 1 aromatic heterocycles. The molecule has 5 nitrogen and oxygen atoms in total. The van der Waals surface area contributed by atoms with E-state index in [0.29, 0.717) is 17.9 Å². The van der Waals surface area contributed by atoms with Gasteiger partial charge in [0.1, 0.15) is 10.4 Å². The van der Waals surface area contributed by atoms with Gasteiger partial charge in [-0.3, -0.25) is 4.79 Å². The Labute approximate surface area is 148 Å². The van der Waals surface area contributed by atoms with E-state index >= 15 is 0 Å². The number of nitrogens with zero attached hydrogens (tertiary/aromatic N) is 1. The SMILES string of the molecule is N#CC1(NC(=O)COC(=O)c2sc3ccccc3c2Cl)CCCC1. The van der Waals surface area contributed by atoms with Crippen LogP contribution in [0.4, 0.5) is 0 Å². The molecule has 0 bridgehead atoms. The molecule has 1 aliphatic carbocycles. The molecule has 1 amide bonds. The smallest absolute Gasteiger partial charge is 0.350 e. The van der Waals surface area contributed by atoms with Gasteiger partial charge in [-0.1, -0.05) is 29.8 Å². The van der Waals surface area contributed by atoms with E-state index in [0.717, 1.165) is 22.9 Å². The molecule has 0 radical (unpaired) electrons. The summed E-state index contributed by atoms with van der Waals surface area (Å²) in [5.41, 5.74) is -0.821. The van der Waals surface area contributed by atoms with Crippen molar-refractivity contribution in [2.24, 2.45) is 0 Å². The van der Waals surface area contributed by atoms with Crippen LogP contribution in [0.2, 0.25) is 5.02 Å². The van der Waals surface area contributed by atoms with Crippen molar-refractivity contribution in [3.05, 3.63) is 34.2 Å². The van der Waals surface area contributed by atoms with Gasteiger partial charge in [0, 0.05) is 10.1 Å². The van der Waals surface area contributed by atoms with Gasteiger partial charge in [0.25, 0.3) is 5.91 Å². The number of halogens is 1. The summed E-state index contributed by atoms with van der Waals surface area (Å²) in [5.74, 6) is -1.10. The van der Waals surface area contributed by atoms with E-state index in [2.05, 4.69) is 11.4 Å². The molecule has 1 heterocycles. The van der Waals surface area contributed by atoms with E-state index in [1.165, 1.54) is 11.3 Å². The zero-order valence-electron chi connectivity index (χ0n) is 12.8. The summed E-state index contributed by atoms with van der Waals surface area (Å²) in [5, 5.41) is 13.1. The highest BCUT2D eigenvalue weighted by molar-refractivity contribution is 7.21. The number of carbonyl (C=O) groups excluding carboxylic acids is 2. The predicted molar refractivity (Wildman–Crippen MR) is 92.1 cm³/mol. The third-order valence-corrected chi connectivity index (χ3v) is 5.76. The summed E-state index contributed by atoms with van der Waals surface area (Å²) < 4.78 is 5.95. The standard InChI is InChI=1S/C17H15ClN2O3S/c18-14-11-5-1-2-6-12(11)24-15(14)16(22)23-9-13(21)20-17(10-19)7-3-4-8-17/h1-2,5-6H,3-4,7-9H2,(H,20,21). The molecule has 1 aromatic carbocycles. The Bertz CT molecular complexity index is 834. The Hall–Kier alpha value is -2.10. The molecular weight excluding hydrogens is 348 g/mol. The zero-order valence-corrected chi connectivity index (χ0v) is 14.4. The molecule has 3 rings (SSSR count). The summed E-state index contributed by atoms with van der Waals surface area (Å²) in [4.78, 5) is 24.5. The van der Waals surface area contributed by atoms with Crippen LogP contribution < -0.4 is 5.32 Å². The van der Waals surface area contributed by atoms with Crippen molar-refractivity contribution < 1.29 is 14.3 Å². The molecule has 1 saturated carbocycles. The third-order valence-electron chi connectivity index (χ3n) is 4.10. The highest BCUT2D eigenvalue weighted by atomic mass is 35.5. The average molecular weight is 363 g/mol. The Balaban J connectivity index is 1.63. The van der Waals surface area contributed by atoms with Gasteiger partial charge in [0.2, 0.25) is 0 Å². The number of thiophene rings is 1. The first-order valence-corrected chi connectivity index (χ1v) is 8.80. The number of rotatable bonds is 4. The van der Waals surface area contributed by atoms with Gasteiger partial charge < -0.3 is 10.1 Å². The van der Waals surface area contributed by atoms with Crippen LogP contribution in [-0.4, -0.2) is 24.0 Å². The minimum atomic E-state index is -0.821. The van der Waals surface area contributed by atoms with E-state index in [9.17, 15) is 14.9 Å². The van der Waals surface area contributed by atoms with Gasteiger partial charge in [0.15, 0.2) is 6.61 Å². The minimum absolute atomic E-state index is 0.279. The first kappa shape index (κ1) is 16.7. The minimum Gasteiger partial charge on any atom is -0.451 e. The zero-order chi connectivity index (χ0) is 17.2. The summed E-state index contributed by atoms with van der Waals surface area (Å²) in [6.07, 6.45) is 3.08. The Kier molecular flexibility index (Phi) is 4.74. The molecule has 7 heteroatoms. The van der Waals surface area contributed by atoms with Gasteiger partial charge in [-0.25, -0.2) is 4.79 Å². The molecule has 1 fully saturated rings. The average Bonchev–Trinajstić information content (AvgIpc) is 3.19. The Morgan fingerprint density at radius 3 is 2.71 bits per heavy atom. The van der Waals surface area contributed by atoms with Crippen molar-refractivity contribution in [3.63, 3.8) is 0 Å². The number of fused-ring (bicyclic) bond motifs is 1. The fourth-order valence-electron chi connectivity index (χ4n) is 2.89. The quantitative estimate of drug-likeness (QED) is 0.842. The molecule has 0 atom stereocenters. The highest BCUT2D eigenvalue weighted by Crippen LogP contribution is 2.35. The van der Waals surface area contributed by atoms with E-state index in [1.807, 2.05) is 24.3 Å². The molecule has 1 aliphatic rings. The maximum Gasteiger partial charge on any atom is 0.350 e. The summed E-state index contributed by atoms with van der Waals surface area (Å²) in [6, 6.07) is 9.56. The van der Waals surface area contributed by atoms with Gasteiger partial charge in [-0.15, -0.1) is 11.3 Å². The molecule has 0 aliphatic heterocycles. The topological polar surface area (TPSA) is 79.2 Å². The normalized spacial score (nSPS) is 15.8. The molecule has 124 valence electrons. The molecule has 24 heavy (non-hydrogen) atoms. The van der Waals surface area contributed by atoms with Gasteiger partial charge in [-0.05, 0) is 31.7 Å². The van der Waals surface area contributed by atoms with Crippen LogP contribution in [0, 0.1) is 11.3 Å². The second-order valence-corrected chi connectivity index (χ2v) is 7.20. The van der Waals surface area contributed by atoms with Crippen LogP contribution in [0.5, 0.6) is 0 Å². The lowest BCUT2D eigenvalue weighted by atomic mass is 10.00. The maximum atomic E-state index is 12.2. The monoisotopic (exact) mass is 362 g/mol. The Morgan fingerprint density at radius 1 is 1.33 bits per heavy atom. The lowest BCUT2D eigenvalue weighted by molar-refractivity contribution is -0.125. The molecule has 1 N–H and O–H groups in total. The summed E-state index contributed by atoms with van der Waals surface area (Å²) in [6.45, 7) is -0.424. The van der Waals surface area contributed by atoms with Crippen LogP contribution in [0.15, 0.2) is 24.3 Å². The van der Waals surface area contributed by atoms with E-state index in [-0.39, 0.29) is 4.88 Å². The van der Waals surface area contributed by atoms with Crippen molar-refractivity contribution >= 4 is 44.9 Å².